The molecule has 122 valence electrons. The van der Waals surface area contributed by atoms with Gasteiger partial charge in [0.1, 0.15) is 11.2 Å². The van der Waals surface area contributed by atoms with Crippen LogP contribution >= 0.6 is 12.2 Å². The van der Waals surface area contributed by atoms with Crippen LogP contribution in [-0.2, 0) is 0 Å². The van der Waals surface area contributed by atoms with Crippen molar-refractivity contribution in [2.24, 2.45) is 10.2 Å². The first kappa shape index (κ1) is 8.64. The molecule has 0 spiro atoms. The molecular weight excluding hydrogens is 320 g/mol. The second kappa shape index (κ2) is 6.26. The van der Waals surface area contributed by atoms with Crippen LogP contribution in [-0.4, -0.2) is 57.9 Å². The summed E-state index contributed by atoms with van der Waals surface area (Å²) in [6, 6.07) is 7.26. The predicted octanol–water partition coefficient (Wildman–Crippen LogP) is 3.28. The summed E-state index contributed by atoms with van der Waals surface area (Å²) < 4.78 is 65.4. The van der Waals surface area contributed by atoms with Crippen molar-refractivity contribution in [1.29, 1.82) is 0 Å². The van der Waals surface area contributed by atoms with Gasteiger partial charge < -0.3 is 14.8 Å². The van der Waals surface area contributed by atoms with E-state index in [0.717, 1.165) is 18.0 Å². The standard InChI is InChI=1S/C17H18N6S/c1-22-8-10-23(11-9-22)17(24)21-20-16-14-12(4-2-6-18-14)13-5-3-7-19-15(13)16/h2-7,18H,8-11H2,1H3/i8D2,9D2,10D2,11D2. The number of hydrogen-bond donors (Lipinski definition) is 1. The van der Waals surface area contributed by atoms with Crippen LogP contribution in [0.15, 0.2) is 46.9 Å². The van der Waals surface area contributed by atoms with Crippen LogP contribution in [0.25, 0.3) is 22.2 Å². The van der Waals surface area contributed by atoms with Gasteiger partial charge in [0.25, 0.3) is 0 Å². The van der Waals surface area contributed by atoms with E-state index >= 15 is 0 Å². The van der Waals surface area contributed by atoms with E-state index in [-0.39, 0.29) is 4.90 Å². The maximum absolute atomic E-state index is 8.26. The van der Waals surface area contributed by atoms with Gasteiger partial charge in [-0.15, -0.1) is 10.2 Å². The number of aromatic amines is 1. The predicted molar refractivity (Wildman–Crippen MR) is 98.9 cm³/mol. The monoisotopic (exact) mass is 346 g/mol. The first-order valence-electron chi connectivity index (χ1n) is 11.1. The normalized spacial score (nSPS) is 29.8. The SMILES string of the molecule is [2H]C1([2H])N(C)C([2H])([2H])C([2H])([2H])N(C(=S)N=Nc2c3[nH]cccc-3c3cccnc23)C1([2H])[2H]. The molecule has 1 aromatic rings. The lowest BCUT2D eigenvalue weighted by Gasteiger charge is -2.32. The number of aromatic nitrogens is 2. The first-order valence-corrected chi connectivity index (χ1v) is 7.51. The number of piperazine rings is 1. The molecule has 1 aromatic heterocycles. The Morgan fingerprint density at radius 2 is 2.12 bits per heavy atom. The molecule has 0 radical (unpaired) electrons. The summed E-state index contributed by atoms with van der Waals surface area (Å²) in [6.45, 7) is -12.0. The summed E-state index contributed by atoms with van der Waals surface area (Å²) in [5.41, 5.74) is 2.18. The van der Waals surface area contributed by atoms with Crippen LogP contribution in [0.3, 0.4) is 0 Å². The van der Waals surface area contributed by atoms with E-state index in [1.165, 1.54) is 0 Å². The number of pyridine rings is 2. The zero-order valence-electron chi connectivity index (χ0n) is 20.6. The fraction of sp³-hybridized carbons (Fsp3) is 0.294. The van der Waals surface area contributed by atoms with Crippen LogP contribution in [0.5, 0.6) is 0 Å². The summed E-state index contributed by atoms with van der Waals surface area (Å²) in [5, 5.41) is 7.98. The second-order valence-corrected chi connectivity index (χ2v) is 5.40. The highest BCUT2D eigenvalue weighted by molar-refractivity contribution is 7.80. The molecule has 0 bridgehead atoms. The molecule has 1 aliphatic carbocycles. The van der Waals surface area contributed by atoms with Gasteiger partial charge in [-0.2, -0.15) is 0 Å². The highest BCUT2D eigenvalue weighted by atomic mass is 32.1. The topological polar surface area (TPSA) is 59.9 Å². The van der Waals surface area contributed by atoms with E-state index in [1.807, 2.05) is 12.1 Å². The number of rotatable bonds is 1. The number of azo groups is 1. The molecule has 1 saturated heterocycles. The minimum atomic E-state index is -3.06. The molecule has 0 aromatic carbocycles. The zero-order valence-corrected chi connectivity index (χ0v) is 13.4. The van der Waals surface area contributed by atoms with E-state index in [0.29, 0.717) is 21.8 Å². The molecule has 0 atom stereocenters. The first-order chi connectivity index (χ1) is 14.8. The number of likely N-dealkylation sites (N-methyl/N-ethyl adjacent to an activating group) is 1. The number of nitrogens with zero attached hydrogens (tertiary/aromatic N) is 5. The third kappa shape index (κ3) is 2.65. The lowest BCUT2D eigenvalue weighted by Crippen LogP contribution is -2.46. The van der Waals surface area contributed by atoms with Crippen molar-refractivity contribution >= 4 is 33.9 Å². The highest BCUT2D eigenvalue weighted by Crippen LogP contribution is 2.42. The van der Waals surface area contributed by atoms with Crippen LogP contribution in [0, 0.1) is 0 Å². The summed E-state index contributed by atoms with van der Waals surface area (Å²) in [7, 11) is 0.974. The molecule has 1 fully saturated rings. The number of H-pyrrole nitrogens is 1. The van der Waals surface area contributed by atoms with E-state index < -0.39 is 31.1 Å². The third-order valence-corrected chi connectivity index (χ3v) is 3.77. The third-order valence-electron chi connectivity index (χ3n) is 3.50. The smallest absolute Gasteiger partial charge is 0.216 e. The van der Waals surface area contributed by atoms with Gasteiger partial charge in [0.05, 0.1) is 11.2 Å². The lowest BCUT2D eigenvalue weighted by atomic mass is 10.2. The second-order valence-electron chi connectivity index (χ2n) is 5.03. The van der Waals surface area contributed by atoms with Gasteiger partial charge in [0, 0.05) is 54.8 Å². The van der Waals surface area contributed by atoms with Gasteiger partial charge in [0.2, 0.25) is 5.11 Å². The molecular formula is C17H18N6S. The average molecular weight is 346 g/mol. The maximum atomic E-state index is 8.26. The molecule has 24 heavy (non-hydrogen) atoms. The Hall–Kier alpha value is -2.38. The van der Waals surface area contributed by atoms with E-state index in [2.05, 4.69) is 20.2 Å². The van der Waals surface area contributed by atoms with Gasteiger partial charge in [-0.25, -0.2) is 0 Å². The Bertz CT molecular complexity index is 1180. The van der Waals surface area contributed by atoms with Gasteiger partial charge in [0.15, 0.2) is 0 Å². The van der Waals surface area contributed by atoms with Crippen molar-refractivity contribution in [3.63, 3.8) is 0 Å². The molecule has 6 nitrogen and oxygen atoms in total. The Labute approximate surface area is 156 Å². The van der Waals surface area contributed by atoms with Gasteiger partial charge in [-0.1, -0.05) is 12.1 Å². The fourth-order valence-electron chi connectivity index (χ4n) is 2.42. The minimum Gasteiger partial charge on any atom is -0.359 e. The molecule has 1 N–H and O–H groups in total. The molecule has 3 aliphatic rings. The fourth-order valence-corrected chi connectivity index (χ4v) is 2.56. The Morgan fingerprint density at radius 1 is 1.29 bits per heavy atom. The molecule has 0 saturated carbocycles. The zero-order chi connectivity index (χ0) is 23.7. The molecule has 0 amide bonds. The largest absolute Gasteiger partial charge is 0.359 e. The van der Waals surface area contributed by atoms with Crippen LogP contribution in [0.2, 0.25) is 0 Å². The number of hydrogen-bond acceptors (Lipinski definition) is 4. The summed E-state index contributed by atoms with van der Waals surface area (Å²) in [5.74, 6) is 0. The van der Waals surface area contributed by atoms with Crippen molar-refractivity contribution < 1.29 is 11.0 Å². The number of fused-ring (bicyclic) bond motifs is 3. The summed E-state index contributed by atoms with van der Waals surface area (Å²) in [6.07, 6.45) is 3.25. The van der Waals surface area contributed by atoms with Gasteiger partial charge >= 0.3 is 0 Å². The van der Waals surface area contributed by atoms with E-state index in [9.17, 15) is 0 Å². The van der Waals surface area contributed by atoms with Gasteiger partial charge in [-0.05, 0) is 31.4 Å². The summed E-state index contributed by atoms with van der Waals surface area (Å²) in [4.78, 5) is 7.95. The Morgan fingerprint density at radius 3 is 2.96 bits per heavy atom. The lowest BCUT2D eigenvalue weighted by molar-refractivity contribution is 0.216. The molecule has 0 unspecified atom stereocenters. The molecule has 3 heterocycles. The Kier molecular flexibility index (Phi) is 2.25. The molecule has 4 rings (SSSR count). The minimum absolute atomic E-state index is 0.198. The quantitative estimate of drug-likeness (QED) is 0.543. The number of nitrogens with one attached hydrogen (secondary N) is 1. The van der Waals surface area contributed by atoms with Crippen molar-refractivity contribution in [3.05, 3.63) is 36.7 Å². The summed E-state index contributed by atoms with van der Waals surface area (Å²) >= 11 is 5.14. The van der Waals surface area contributed by atoms with E-state index in [1.54, 1.807) is 24.5 Å². The van der Waals surface area contributed by atoms with Crippen molar-refractivity contribution in [1.82, 2.24) is 19.8 Å². The van der Waals surface area contributed by atoms with Crippen LogP contribution in [0.4, 0.5) is 5.69 Å². The average Bonchev–Trinajstić information content (AvgIpc) is 3.04. The maximum Gasteiger partial charge on any atom is 0.216 e. The van der Waals surface area contributed by atoms with Crippen LogP contribution < -0.4 is 0 Å². The molecule has 2 aliphatic heterocycles. The van der Waals surface area contributed by atoms with E-state index in [4.69, 9.17) is 23.2 Å². The number of thiocarbonyl (C=S) groups is 1. The highest BCUT2D eigenvalue weighted by Gasteiger charge is 2.20. The van der Waals surface area contributed by atoms with Crippen molar-refractivity contribution in [2.45, 2.75) is 0 Å². The van der Waals surface area contributed by atoms with Crippen LogP contribution in [0.1, 0.15) is 11.0 Å². The molecule has 7 heteroatoms. The van der Waals surface area contributed by atoms with Crippen molar-refractivity contribution in [2.75, 3.05) is 33.0 Å². The van der Waals surface area contributed by atoms with Crippen molar-refractivity contribution in [3.8, 4) is 11.3 Å². The Balaban J connectivity index is 1.82. The van der Waals surface area contributed by atoms with Gasteiger partial charge in [-0.3, -0.25) is 4.98 Å².